The molecule has 4 aromatic carbocycles. The Morgan fingerprint density at radius 2 is 0.843 bits per heavy atom. The second kappa shape index (κ2) is 18.9. The average Bonchev–Trinajstić information content (AvgIpc) is 3.59. The van der Waals surface area contributed by atoms with Crippen LogP contribution in [-0.4, -0.2) is 19.9 Å². The monoisotopic (exact) mass is 1030 g/mol. The van der Waals surface area contributed by atoms with Crippen LogP contribution in [0.25, 0.3) is 65.3 Å². The molecule has 51 heavy (non-hydrogen) atoms. The van der Waals surface area contributed by atoms with Gasteiger partial charge in [0.1, 0.15) is 0 Å². The van der Waals surface area contributed by atoms with Crippen molar-refractivity contribution in [3.05, 3.63) is 195 Å². The van der Waals surface area contributed by atoms with Crippen molar-refractivity contribution in [2.75, 3.05) is 0 Å². The van der Waals surface area contributed by atoms with Crippen LogP contribution >= 0.6 is 11.3 Å². The minimum absolute atomic E-state index is 0. The molecule has 9 rings (SSSR count). The molecule has 7 heteroatoms. The average molecular weight is 1030 g/mol. The Kier molecular flexibility index (Phi) is 13.8. The molecule has 0 aliphatic heterocycles. The number of hydrogen-bond donors (Lipinski definition) is 0. The van der Waals surface area contributed by atoms with E-state index in [1.54, 1.807) is 29.9 Å². The van der Waals surface area contributed by atoms with Gasteiger partial charge in [0.15, 0.2) is 0 Å². The smallest absolute Gasteiger partial charge is 0.0894 e. The molecule has 0 bridgehead atoms. The van der Waals surface area contributed by atoms with E-state index in [4.69, 9.17) is 0 Å². The second-order valence-corrected chi connectivity index (χ2v) is 11.8. The third-order valence-corrected chi connectivity index (χ3v) is 8.56. The molecule has 0 amide bonds. The first-order chi connectivity index (χ1) is 24.3. The molecule has 0 unspecified atom stereocenters. The fraction of sp³-hybridized carbons (Fsp3) is 0. The summed E-state index contributed by atoms with van der Waals surface area (Å²) in [5, 5.41) is 2.39. The molecule has 0 fully saturated rings. The van der Waals surface area contributed by atoms with E-state index in [9.17, 15) is 0 Å². The summed E-state index contributed by atoms with van der Waals surface area (Å²) in [5.41, 5.74) is 7.50. The fourth-order valence-corrected chi connectivity index (χ4v) is 6.19. The Hall–Kier alpha value is -4.92. The summed E-state index contributed by atoms with van der Waals surface area (Å²) in [5.74, 6) is 0. The summed E-state index contributed by atoms with van der Waals surface area (Å²) in [6.45, 7) is 0. The fourth-order valence-electron chi connectivity index (χ4n) is 5.13. The van der Waals surface area contributed by atoms with Crippen LogP contribution in [0, 0.1) is 24.3 Å². The van der Waals surface area contributed by atoms with Gasteiger partial charge in [0.2, 0.25) is 0 Å². The van der Waals surface area contributed by atoms with E-state index >= 15 is 0 Å². The van der Waals surface area contributed by atoms with E-state index in [0.29, 0.717) is 0 Å². The van der Waals surface area contributed by atoms with Crippen molar-refractivity contribution in [1.29, 1.82) is 0 Å². The zero-order chi connectivity index (χ0) is 33.1. The number of fused-ring (bicyclic) bond motifs is 3. The van der Waals surface area contributed by atoms with Crippen LogP contribution in [-0.2, 0) is 42.1 Å². The van der Waals surface area contributed by atoms with Crippen LogP contribution in [0.2, 0.25) is 0 Å². The van der Waals surface area contributed by atoms with Crippen molar-refractivity contribution >= 4 is 31.5 Å². The van der Waals surface area contributed by atoms with Gasteiger partial charge in [0.05, 0.1) is 22.8 Å². The molecule has 0 N–H and O–H groups in total. The third kappa shape index (κ3) is 9.66. The minimum Gasteiger partial charge on any atom is -0.295 e. The molecule has 4 nitrogen and oxygen atoms in total. The van der Waals surface area contributed by atoms with Crippen LogP contribution in [0.5, 0.6) is 0 Å². The molecule has 254 valence electrons. The molecule has 0 spiro atoms. The van der Waals surface area contributed by atoms with Gasteiger partial charge in [-0.05, 0) is 42.5 Å². The number of nitrogens with zero attached hydrogens (tertiary/aromatic N) is 4. The number of pyridine rings is 4. The predicted octanol–water partition coefficient (Wildman–Crippen LogP) is 10.9. The molecule has 5 aromatic heterocycles. The molecule has 0 atom stereocenters. The SMILES string of the molecule is [Pt].[Pt].[c-]1cccc2sc3ccc[c-]c3c12.[c-]1ccccc1-c1[c-]c(-c2ccccn2)ccc1.c1ccc(-c2cccc(-c3ccccn3)n2)nc1. The van der Waals surface area contributed by atoms with Crippen molar-refractivity contribution in [1.82, 2.24) is 19.9 Å². The molecule has 0 saturated carbocycles. The Morgan fingerprint density at radius 1 is 0.373 bits per heavy atom. The molecular formula is C44H28N4Pt2S-4. The Labute approximate surface area is 330 Å². The van der Waals surface area contributed by atoms with Crippen molar-refractivity contribution in [3.8, 4) is 45.2 Å². The number of benzene rings is 4. The second-order valence-electron chi connectivity index (χ2n) is 10.7. The summed E-state index contributed by atoms with van der Waals surface area (Å²) in [4.78, 5) is 17.5. The van der Waals surface area contributed by atoms with Crippen molar-refractivity contribution in [2.24, 2.45) is 0 Å². The first-order valence-corrected chi connectivity index (χ1v) is 16.5. The molecular weight excluding hydrogens is 1010 g/mol. The van der Waals surface area contributed by atoms with Gasteiger partial charge in [-0.15, -0.1) is 57.4 Å². The van der Waals surface area contributed by atoms with Gasteiger partial charge in [-0.2, -0.15) is 66.2 Å². The molecule has 0 aliphatic rings. The largest absolute Gasteiger partial charge is 0.295 e. The van der Waals surface area contributed by atoms with E-state index in [1.807, 2.05) is 140 Å². The van der Waals surface area contributed by atoms with Gasteiger partial charge >= 0.3 is 0 Å². The van der Waals surface area contributed by atoms with Gasteiger partial charge in [-0.3, -0.25) is 26.3 Å². The van der Waals surface area contributed by atoms with Gasteiger partial charge < -0.3 is 0 Å². The van der Waals surface area contributed by atoms with E-state index in [1.165, 1.54) is 20.2 Å². The molecule has 0 aliphatic carbocycles. The molecule has 5 heterocycles. The van der Waals surface area contributed by atoms with Crippen LogP contribution in [0.1, 0.15) is 0 Å². The van der Waals surface area contributed by atoms with E-state index in [2.05, 4.69) is 56.3 Å². The maximum atomic E-state index is 4.59. The van der Waals surface area contributed by atoms with E-state index in [-0.39, 0.29) is 42.1 Å². The molecule has 0 radical (unpaired) electrons. The third-order valence-electron chi connectivity index (χ3n) is 7.44. The number of thiophene rings is 1. The Balaban J connectivity index is 0.000000147. The number of hydrogen-bond acceptors (Lipinski definition) is 5. The zero-order valence-electron chi connectivity index (χ0n) is 27.0. The summed E-state index contributed by atoms with van der Waals surface area (Å²) in [6.07, 6.45) is 5.33. The van der Waals surface area contributed by atoms with Crippen LogP contribution < -0.4 is 0 Å². The van der Waals surface area contributed by atoms with Gasteiger partial charge in [-0.25, -0.2) is 21.3 Å². The van der Waals surface area contributed by atoms with Crippen LogP contribution in [0.3, 0.4) is 0 Å². The Bertz CT molecular complexity index is 2110. The summed E-state index contributed by atoms with van der Waals surface area (Å²) < 4.78 is 2.58. The van der Waals surface area contributed by atoms with Gasteiger partial charge in [0.25, 0.3) is 0 Å². The molecule has 9 aromatic rings. The summed E-state index contributed by atoms with van der Waals surface area (Å²) in [6, 6.07) is 62.7. The van der Waals surface area contributed by atoms with Crippen LogP contribution in [0.4, 0.5) is 0 Å². The minimum atomic E-state index is 0. The quantitative estimate of drug-likeness (QED) is 0.165. The van der Waals surface area contributed by atoms with Crippen LogP contribution in [0.15, 0.2) is 170 Å². The number of rotatable bonds is 4. The van der Waals surface area contributed by atoms with Crippen molar-refractivity contribution < 1.29 is 42.1 Å². The topological polar surface area (TPSA) is 51.6 Å². The van der Waals surface area contributed by atoms with Gasteiger partial charge in [0, 0.05) is 66.4 Å². The predicted molar refractivity (Wildman–Crippen MR) is 200 cm³/mol. The first kappa shape index (κ1) is 37.3. The van der Waals surface area contributed by atoms with E-state index in [0.717, 1.165) is 45.2 Å². The summed E-state index contributed by atoms with van der Waals surface area (Å²) >= 11 is 1.80. The summed E-state index contributed by atoms with van der Waals surface area (Å²) in [7, 11) is 0. The Morgan fingerprint density at radius 3 is 1.37 bits per heavy atom. The van der Waals surface area contributed by atoms with Crippen molar-refractivity contribution in [3.63, 3.8) is 0 Å². The number of aromatic nitrogens is 4. The zero-order valence-corrected chi connectivity index (χ0v) is 32.4. The standard InChI is InChI=1S/C17H11N.C15H11N3.C12H6S.2Pt/c1-2-7-14(8-3-1)15-9-6-10-16(13-15)17-11-4-5-12-18-17;1-3-10-16-12(6-1)14-8-5-9-15(18-14)13-7-2-4-11-17-13;1-3-7-11-9(5-1)10-6-2-4-8-12(10)13-11;;/h1-7,9-12H;1-11H;1-4,7-8H;;/q-2;;-2;;. The normalized spacial score (nSPS) is 10.0. The molecule has 0 saturated heterocycles. The van der Waals surface area contributed by atoms with Crippen molar-refractivity contribution in [2.45, 2.75) is 0 Å². The maximum Gasteiger partial charge on any atom is 0.0894 e. The maximum absolute atomic E-state index is 4.59. The first-order valence-electron chi connectivity index (χ1n) is 15.7. The van der Waals surface area contributed by atoms with Gasteiger partial charge in [-0.1, -0.05) is 30.3 Å². The van der Waals surface area contributed by atoms with E-state index < -0.39 is 0 Å².